The maximum atomic E-state index is 12.4. The summed E-state index contributed by atoms with van der Waals surface area (Å²) in [4.78, 5) is 0.330. The van der Waals surface area contributed by atoms with Gasteiger partial charge in [-0.1, -0.05) is 0 Å². The molecular formula is C13H20N2O3S. The van der Waals surface area contributed by atoms with Gasteiger partial charge < -0.3 is 10.1 Å². The second kappa shape index (κ2) is 5.90. The number of piperidine rings is 1. The van der Waals surface area contributed by atoms with Crippen molar-refractivity contribution in [3.8, 4) is 5.75 Å². The van der Waals surface area contributed by atoms with E-state index in [4.69, 9.17) is 4.74 Å². The van der Waals surface area contributed by atoms with E-state index < -0.39 is 10.0 Å². The highest BCUT2D eigenvalue weighted by atomic mass is 32.2. The Labute approximate surface area is 114 Å². The molecule has 0 aromatic heterocycles. The number of benzene rings is 1. The van der Waals surface area contributed by atoms with Crippen LogP contribution in [-0.4, -0.2) is 46.0 Å². The topological polar surface area (TPSA) is 58.6 Å². The van der Waals surface area contributed by atoms with Crippen molar-refractivity contribution < 1.29 is 13.2 Å². The molecule has 0 amide bonds. The van der Waals surface area contributed by atoms with Crippen molar-refractivity contribution in [3.63, 3.8) is 0 Å². The van der Waals surface area contributed by atoms with E-state index in [9.17, 15) is 8.42 Å². The third kappa shape index (κ3) is 3.08. The Morgan fingerprint density at radius 2 is 1.79 bits per heavy atom. The van der Waals surface area contributed by atoms with Gasteiger partial charge in [-0.25, -0.2) is 8.42 Å². The number of nitrogens with one attached hydrogen (secondary N) is 1. The van der Waals surface area contributed by atoms with Crippen LogP contribution in [0.15, 0.2) is 29.2 Å². The number of hydrogen-bond acceptors (Lipinski definition) is 4. The van der Waals surface area contributed by atoms with E-state index >= 15 is 0 Å². The van der Waals surface area contributed by atoms with Crippen molar-refractivity contribution in [1.29, 1.82) is 0 Å². The van der Waals surface area contributed by atoms with Crippen LogP contribution < -0.4 is 10.1 Å². The molecule has 1 aliphatic heterocycles. The summed E-state index contributed by atoms with van der Waals surface area (Å²) >= 11 is 0. The predicted molar refractivity (Wildman–Crippen MR) is 73.8 cm³/mol. The highest BCUT2D eigenvalue weighted by Gasteiger charge is 2.28. The van der Waals surface area contributed by atoms with Crippen LogP contribution in [0.4, 0.5) is 0 Å². The highest BCUT2D eigenvalue weighted by molar-refractivity contribution is 7.89. The molecular weight excluding hydrogens is 264 g/mol. The highest BCUT2D eigenvalue weighted by Crippen LogP contribution is 2.22. The van der Waals surface area contributed by atoms with Gasteiger partial charge in [-0.15, -0.1) is 0 Å². The van der Waals surface area contributed by atoms with Gasteiger partial charge in [-0.3, -0.25) is 0 Å². The molecule has 6 heteroatoms. The molecule has 1 fully saturated rings. The summed E-state index contributed by atoms with van der Waals surface area (Å²) in [7, 11) is 0.108. The van der Waals surface area contributed by atoms with Gasteiger partial charge in [0.15, 0.2) is 0 Å². The van der Waals surface area contributed by atoms with E-state index in [1.165, 1.54) is 0 Å². The van der Waals surface area contributed by atoms with Gasteiger partial charge in [0.25, 0.3) is 0 Å². The Hall–Kier alpha value is -1.11. The third-order valence-electron chi connectivity index (χ3n) is 3.56. The molecule has 5 nitrogen and oxygen atoms in total. The molecule has 1 aromatic carbocycles. The number of sulfonamides is 1. The predicted octanol–water partition coefficient (Wildman–Crippen LogP) is 1.07. The second-order valence-electron chi connectivity index (χ2n) is 4.64. The summed E-state index contributed by atoms with van der Waals surface area (Å²) in [5, 5.41) is 3.19. The molecule has 1 saturated heterocycles. The van der Waals surface area contributed by atoms with E-state index in [-0.39, 0.29) is 0 Å². The zero-order chi connectivity index (χ0) is 13.9. The lowest BCUT2D eigenvalue weighted by Gasteiger charge is -2.30. The van der Waals surface area contributed by atoms with Crippen LogP contribution in [0.1, 0.15) is 12.8 Å². The molecule has 0 radical (unpaired) electrons. The molecule has 1 aliphatic rings. The molecule has 106 valence electrons. The number of nitrogens with zero attached hydrogens (tertiary/aromatic N) is 1. The quantitative estimate of drug-likeness (QED) is 0.898. The van der Waals surface area contributed by atoms with E-state index in [0.717, 1.165) is 12.8 Å². The minimum Gasteiger partial charge on any atom is -0.497 e. The Bertz CT molecular complexity index is 505. The second-order valence-corrected chi connectivity index (χ2v) is 6.58. The lowest BCUT2D eigenvalue weighted by atomic mass is 10.1. The van der Waals surface area contributed by atoms with Crippen molar-refractivity contribution >= 4 is 10.0 Å². The van der Waals surface area contributed by atoms with Gasteiger partial charge in [0.1, 0.15) is 5.75 Å². The lowest BCUT2D eigenvalue weighted by Crippen LogP contribution is -2.43. The van der Waals surface area contributed by atoms with Crippen LogP contribution in [0.2, 0.25) is 0 Å². The molecule has 0 saturated carbocycles. The first-order valence-corrected chi connectivity index (χ1v) is 7.83. The molecule has 0 spiro atoms. The summed E-state index contributed by atoms with van der Waals surface area (Å²) in [5.41, 5.74) is 0. The van der Waals surface area contributed by atoms with Gasteiger partial charge in [0.2, 0.25) is 10.0 Å². The van der Waals surface area contributed by atoms with Crippen LogP contribution in [0.25, 0.3) is 0 Å². The van der Waals surface area contributed by atoms with Crippen LogP contribution in [-0.2, 0) is 10.0 Å². The van der Waals surface area contributed by atoms with Crippen LogP contribution in [0.3, 0.4) is 0 Å². The van der Waals surface area contributed by atoms with Gasteiger partial charge >= 0.3 is 0 Å². The average Bonchev–Trinajstić information content (AvgIpc) is 2.47. The van der Waals surface area contributed by atoms with E-state index in [1.54, 1.807) is 35.7 Å². The first-order valence-electron chi connectivity index (χ1n) is 6.39. The fraction of sp³-hybridized carbons (Fsp3) is 0.538. The van der Waals surface area contributed by atoms with E-state index in [0.29, 0.717) is 29.8 Å². The maximum Gasteiger partial charge on any atom is 0.243 e. The molecule has 0 bridgehead atoms. The Kier molecular flexibility index (Phi) is 4.44. The van der Waals surface area contributed by atoms with Crippen molar-refractivity contribution in [2.24, 2.45) is 0 Å². The first-order chi connectivity index (χ1) is 9.07. The summed E-state index contributed by atoms with van der Waals surface area (Å²) in [5.74, 6) is 0.660. The summed E-state index contributed by atoms with van der Waals surface area (Å²) in [6, 6.07) is 6.96. The maximum absolute atomic E-state index is 12.4. The molecule has 2 rings (SSSR count). The standard InChI is InChI=1S/C13H20N2O3S/c1-14-11-7-9-15(10-8-11)19(16,17)13-5-3-12(18-2)4-6-13/h3-6,11,14H,7-10H2,1-2H3. The molecule has 19 heavy (non-hydrogen) atoms. The Morgan fingerprint density at radius 3 is 2.26 bits per heavy atom. The van der Waals surface area contributed by atoms with Gasteiger partial charge in [-0.05, 0) is 44.2 Å². The number of methoxy groups -OCH3 is 1. The van der Waals surface area contributed by atoms with Crippen LogP contribution in [0, 0.1) is 0 Å². The van der Waals surface area contributed by atoms with Gasteiger partial charge in [0.05, 0.1) is 12.0 Å². The van der Waals surface area contributed by atoms with Crippen molar-refractivity contribution in [1.82, 2.24) is 9.62 Å². The van der Waals surface area contributed by atoms with E-state index in [1.807, 2.05) is 7.05 Å². The van der Waals surface area contributed by atoms with Crippen LogP contribution in [0.5, 0.6) is 5.75 Å². The Morgan fingerprint density at radius 1 is 1.21 bits per heavy atom. The normalized spacial score (nSPS) is 18.4. The zero-order valence-electron chi connectivity index (χ0n) is 11.3. The fourth-order valence-electron chi connectivity index (χ4n) is 2.28. The van der Waals surface area contributed by atoms with Crippen LogP contribution >= 0.6 is 0 Å². The molecule has 1 heterocycles. The van der Waals surface area contributed by atoms with Crippen molar-refractivity contribution in [2.75, 3.05) is 27.2 Å². The zero-order valence-corrected chi connectivity index (χ0v) is 12.1. The number of rotatable bonds is 4. The number of ether oxygens (including phenoxy) is 1. The van der Waals surface area contributed by atoms with E-state index in [2.05, 4.69) is 5.32 Å². The smallest absolute Gasteiger partial charge is 0.243 e. The van der Waals surface area contributed by atoms with Gasteiger partial charge in [0, 0.05) is 19.1 Å². The molecule has 0 atom stereocenters. The largest absolute Gasteiger partial charge is 0.497 e. The molecule has 0 aliphatic carbocycles. The molecule has 1 N–H and O–H groups in total. The monoisotopic (exact) mass is 284 g/mol. The third-order valence-corrected chi connectivity index (χ3v) is 5.47. The fourth-order valence-corrected chi connectivity index (χ4v) is 3.75. The molecule has 1 aromatic rings. The lowest BCUT2D eigenvalue weighted by molar-refractivity contribution is 0.298. The minimum atomic E-state index is -3.37. The van der Waals surface area contributed by atoms with Crippen molar-refractivity contribution in [2.45, 2.75) is 23.8 Å². The van der Waals surface area contributed by atoms with Crippen molar-refractivity contribution in [3.05, 3.63) is 24.3 Å². The minimum absolute atomic E-state index is 0.330. The number of hydrogen-bond donors (Lipinski definition) is 1. The average molecular weight is 284 g/mol. The first kappa shape index (κ1) is 14.3. The summed E-state index contributed by atoms with van der Waals surface area (Å²) in [6.45, 7) is 1.14. The SMILES string of the molecule is CNC1CCN(S(=O)(=O)c2ccc(OC)cc2)CC1. The molecule has 0 unspecified atom stereocenters. The summed E-state index contributed by atoms with van der Waals surface area (Å²) < 4.78 is 31.5. The summed E-state index contributed by atoms with van der Waals surface area (Å²) in [6.07, 6.45) is 1.71. The Balaban J connectivity index is 2.13. The van der Waals surface area contributed by atoms with Gasteiger partial charge in [-0.2, -0.15) is 4.31 Å².